The van der Waals surface area contributed by atoms with Crippen LogP contribution in [-0.2, 0) is 55.7 Å². The van der Waals surface area contributed by atoms with Gasteiger partial charge in [0.2, 0.25) is 5.43 Å². The van der Waals surface area contributed by atoms with Gasteiger partial charge in [-0.25, -0.2) is 33.2 Å². The molecule has 2 unspecified atom stereocenters. The Morgan fingerprint density at radius 2 is 1.21 bits per heavy atom. The van der Waals surface area contributed by atoms with Crippen LogP contribution in [0.25, 0.3) is 10.4 Å². The number of aliphatic hydroxyl groups is 4. The summed E-state index contributed by atoms with van der Waals surface area (Å²) in [5.74, 6) is -0.488. The standard InChI is InChI=1S/C23H26FN3O4.C13H23NO4.C11H22N4O2.C11H23NO3.C9H19NO3.C7H15NO.C6H16N2.C5H8O2.C2HBO2.C2H7P/c1-14-4-3-11-27-19(25(14)2)13-26-12-17(21(29)22(30)20(26)23(27)31)18(28)10-7-15-5-8-16(24)9-6-15;1-7-17-11(15)9-8-10(2)14(6)12(16)18-13(3,4)5;1-9(7-6-8-13-14-12)15(5)10(16)17-11(2,3)4;1-9(7-6-8-13)12(5)10(14)15-11(2,3)4;1-7(6-11)10(5)8(12)13-9(2,3)4;8-7-4-2-1-3-6(7)5-9;1-6(8-2)4-3-5-7;1-3-5(6)7-4-2;4-2-1-3-5;1-2-3/h5-6,8-9,12,14,19,30H,3-4,7,10-11,13H2,1-2H3;8-10H,7H2,1-6H3;9H,6-8H2,1-5H3;9,13H,6-8H2,1-5H3;7,11H,6H2,1-5H3;6-7,9H,1-5,8H2;6,8H,3-5,7H2,1-2H3;3H,1,4H2,2H3;4H;2-3H2,1H3/b;9-8+;;;;;;;;/t14-,19?;10-;2*9-;7-;6-,7-;6-;;;/m0000000.../s1. The SMILES string of the molecule is C=CC(=O)OCC.CCOC(=O)/C=C/[C@H](C)N(C)C(=O)OC(C)(C)C.CCP.CN[C@@H](C)CCCN.C[C@@H](CCCN=[N+]=[N-])N(C)C(=O)OC(C)(C)C.C[C@@H](CCCO)N(C)C(=O)OC(C)(C)C.C[C@@H](CO)N(C)C(=O)OC(C)(C)C.C[C@H]1CCCN2C(=O)c3c(O)c(=O)c(C(=O)CCc4ccc(F)cc4)cn3CC2N1C.N[C@H]1CCCC[C@H]1CO.O=BC#CO. The number of aromatic hydroxyl groups is 1. The minimum absolute atomic E-state index is 0.0418. The topological polar surface area (TPSA) is 464 Å². The predicted octanol–water partition coefficient (Wildman–Crippen LogP) is 13.1. The first-order valence-electron chi connectivity index (χ1n) is 43.1. The maximum atomic E-state index is 13.1. The zero-order chi connectivity index (χ0) is 98.4. The summed E-state index contributed by atoms with van der Waals surface area (Å²) in [7, 11) is 13.5. The van der Waals surface area contributed by atoms with Gasteiger partial charge < -0.3 is 94.7 Å². The number of carbonyl (C=O) groups excluding carboxylic acids is 8. The number of fused-ring (bicyclic) bond motifs is 2. The number of rotatable bonds is 26. The number of hydrogen-bond donors (Lipinski definition) is 8. The number of halogens is 1. The van der Waals surface area contributed by atoms with Crippen LogP contribution in [0.3, 0.4) is 0 Å². The van der Waals surface area contributed by atoms with Gasteiger partial charge in [-0.3, -0.25) is 19.3 Å². The van der Waals surface area contributed by atoms with E-state index in [2.05, 4.69) is 61.6 Å². The summed E-state index contributed by atoms with van der Waals surface area (Å²) in [6, 6.07) is 6.70. The number of nitrogens with zero attached hydrogens (tertiary/aromatic N) is 10. The normalized spacial score (nSPS) is 16.0. The molecule has 1 saturated heterocycles. The van der Waals surface area contributed by atoms with Gasteiger partial charge >= 0.3 is 65.2 Å². The second-order valence-corrected chi connectivity index (χ2v) is 34.9. The first kappa shape index (κ1) is 126. The number of likely N-dealkylation sites (N-methyl/N-ethyl adjacent to an activating group) is 3. The van der Waals surface area contributed by atoms with Gasteiger partial charge in [0.25, 0.3) is 5.91 Å². The average molecular weight is 1810 g/mol. The van der Waals surface area contributed by atoms with Gasteiger partial charge in [0.15, 0.2) is 17.2 Å². The summed E-state index contributed by atoms with van der Waals surface area (Å²) in [6.07, 6.45) is 18.6. The van der Waals surface area contributed by atoms with Gasteiger partial charge in [-0.05, 0) is 265 Å². The summed E-state index contributed by atoms with van der Waals surface area (Å²) in [4.78, 5) is 119. The molecule has 126 heavy (non-hydrogen) atoms. The number of benzene rings is 1. The fourth-order valence-corrected chi connectivity index (χ4v) is 10.7. The van der Waals surface area contributed by atoms with E-state index in [9.17, 15) is 52.6 Å². The van der Waals surface area contributed by atoms with Crippen LogP contribution in [0.1, 0.15) is 255 Å². The number of esters is 2. The van der Waals surface area contributed by atoms with E-state index >= 15 is 0 Å². The van der Waals surface area contributed by atoms with Crippen LogP contribution in [0.5, 0.6) is 5.75 Å². The van der Waals surface area contributed by atoms with Crippen LogP contribution in [0.4, 0.5) is 23.6 Å². The molecule has 5 amide bonds. The van der Waals surface area contributed by atoms with E-state index in [1.165, 1.54) is 65.7 Å². The van der Waals surface area contributed by atoms with Crippen LogP contribution in [0.15, 0.2) is 65.2 Å². The predicted molar refractivity (Wildman–Crippen MR) is 496 cm³/mol. The molecule has 0 spiro atoms. The third kappa shape index (κ3) is 60.1. The molecule has 0 bridgehead atoms. The van der Waals surface area contributed by atoms with Crippen molar-refractivity contribution in [3.05, 3.63) is 98.6 Å². The molecular weight excluding hydrogens is 1650 g/mol. The third-order valence-electron chi connectivity index (χ3n) is 18.7. The number of ether oxygens (including phenoxy) is 6. The molecule has 722 valence electrons. The first-order chi connectivity index (χ1) is 58.6. The van der Waals surface area contributed by atoms with Crippen molar-refractivity contribution >= 4 is 64.4 Å². The summed E-state index contributed by atoms with van der Waals surface area (Å²) < 4.78 is 53.6. The summed E-state index contributed by atoms with van der Waals surface area (Å²) in [5.41, 5.74) is 17.0. The molecular formula is C89H160BFN13O21P. The third-order valence-corrected chi connectivity index (χ3v) is 18.7. The Hall–Kier alpha value is -8.78. The summed E-state index contributed by atoms with van der Waals surface area (Å²) in [5, 5.41) is 50.9. The van der Waals surface area contributed by atoms with E-state index in [0.717, 1.165) is 69.6 Å². The monoisotopic (exact) mass is 1810 g/mol. The van der Waals surface area contributed by atoms with Gasteiger partial charge in [0.1, 0.15) is 34.4 Å². The van der Waals surface area contributed by atoms with Gasteiger partial charge in [-0.2, -0.15) is 0 Å². The molecule has 1 saturated carbocycles. The van der Waals surface area contributed by atoms with Crippen molar-refractivity contribution in [1.29, 1.82) is 0 Å². The number of hydrogen-bond acceptors (Lipinski definition) is 26. The molecule has 0 radical (unpaired) electrons. The molecule has 10 N–H and O–H groups in total. The van der Waals surface area contributed by atoms with Gasteiger partial charge in [-0.15, -0.1) is 9.24 Å². The van der Waals surface area contributed by atoms with E-state index in [4.69, 9.17) is 65.8 Å². The number of ketones is 1. The summed E-state index contributed by atoms with van der Waals surface area (Å²) >= 11 is 0. The molecule has 37 heteroatoms. The molecule has 1 aromatic carbocycles. The van der Waals surface area contributed by atoms with E-state index in [-0.39, 0.29) is 104 Å². The molecule has 2 aliphatic heterocycles. The van der Waals surface area contributed by atoms with Crippen molar-refractivity contribution in [3.8, 4) is 17.7 Å². The van der Waals surface area contributed by atoms with Crippen LogP contribution in [0, 0.1) is 23.7 Å². The van der Waals surface area contributed by atoms with Crippen LogP contribution < -0.4 is 22.2 Å². The Kier molecular flexibility index (Phi) is 69.1. The number of aliphatic hydroxyl groups excluding tert-OH is 4. The first-order valence-corrected chi connectivity index (χ1v) is 43.9. The van der Waals surface area contributed by atoms with Crippen LogP contribution in [-0.4, -0.2) is 287 Å². The summed E-state index contributed by atoms with van der Waals surface area (Å²) in [6.45, 7) is 45.7. The Morgan fingerprint density at radius 3 is 1.60 bits per heavy atom. The molecule has 1 aliphatic carbocycles. The molecule has 2 aromatic rings. The molecule has 5 rings (SSSR count). The van der Waals surface area contributed by atoms with Crippen molar-refractivity contribution in [2.75, 3.05) is 101 Å². The number of aromatic nitrogens is 1. The van der Waals surface area contributed by atoms with E-state index < -0.39 is 63.4 Å². The molecule has 10 atom stereocenters. The second-order valence-electron chi connectivity index (χ2n) is 34.1. The van der Waals surface area contributed by atoms with Crippen molar-refractivity contribution in [1.82, 2.24) is 39.3 Å². The Morgan fingerprint density at radius 1 is 0.746 bits per heavy atom. The van der Waals surface area contributed by atoms with Crippen LogP contribution >= 0.6 is 9.24 Å². The second kappa shape index (κ2) is 69.3. The maximum absolute atomic E-state index is 13.1. The Balaban J connectivity index is -0.000000456. The van der Waals surface area contributed by atoms with Crippen molar-refractivity contribution in [2.24, 2.45) is 22.5 Å². The number of nitrogens with one attached hydrogen (secondary N) is 1. The van der Waals surface area contributed by atoms with E-state index in [1.54, 1.807) is 120 Å². The molecule has 34 nitrogen and oxygen atoms in total. The fourth-order valence-electron chi connectivity index (χ4n) is 10.7. The number of pyridine rings is 1. The van der Waals surface area contributed by atoms with E-state index in [0.29, 0.717) is 64.8 Å². The number of azide groups is 1. The van der Waals surface area contributed by atoms with Gasteiger partial charge in [-0.1, -0.05) is 49.7 Å². The average Bonchev–Trinajstić information content (AvgIpc) is 1.03. The molecule has 3 aliphatic rings. The zero-order valence-corrected chi connectivity index (χ0v) is 82.1. The quantitative estimate of drug-likeness (QED) is 0.00371. The Bertz CT molecular complexity index is 3650. The van der Waals surface area contributed by atoms with Crippen LogP contribution in [0.2, 0.25) is 0 Å². The van der Waals surface area contributed by atoms with Gasteiger partial charge in [0.05, 0.1) is 44.0 Å². The molecule has 2 fully saturated rings. The Labute approximate surface area is 754 Å². The molecule has 3 heterocycles. The number of aryl methyl sites for hydroxylation is 1. The number of carbonyl (C=O) groups is 8. The minimum atomic E-state index is -0.821. The number of Topliss-reactive ketones (excluding diaryl/α,β-unsaturated/α-hetero) is 1. The number of amides is 5. The van der Waals surface area contributed by atoms with E-state index in [1.807, 2.05) is 90.3 Å². The fraction of sp³-hybridized carbons (Fsp3) is 0.719. The molecule has 1 aromatic heterocycles. The zero-order valence-electron chi connectivity index (χ0n) is 80.9. The van der Waals surface area contributed by atoms with Crippen molar-refractivity contribution in [2.45, 2.75) is 313 Å². The van der Waals surface area contributed by atoms with Crippen molar-refractivity contribution in [3.63, 3.8) is 0 Å². The number of nitrogens with two attached hydrogens (primary N) is 2. The van der Waals surface area contributed by atoms with Crippen molar-refractivity contribution < 1.29 is 101 Å². The van der Waals surface area contributed by atoms with Gasteiger partial charge in [0, 0.05) is 114 Å².